The number of ether oxygens (including phenoxy) is 2. The number of hydrogen-bond acceptors (Lipinski definition) is 6. The molecule has 3 heterocycles. The van der Waals surface area contributed by atoms with E-state index in [4.69, 9.17) is 9.47 Å². The number of carbonyl (C=O) groups excluding carboxylic acids is 1. The number of aliphatic imine (C=N–C) groups is 1. The molecule has 0 unspecified atom stereocenters. The van der Waals surface area contributed by atoms with Crippen LogP contribution < -0.4 is 0 Å². The second kappa shape index (κ2) is 5.62. The number of hydrogen-bond donors (Lipinski definition) is 0. The number of aromatic nitrogens is 2. The van der Waals surface area contributed by atoms with Crippen LogP contribution in [0.2, 0.25) is 0 Å². The molecule has 0 bridgehead atoms. The number of imidazole rings is 1. The number of nitrogens with zero attached hydrogens (tertiary/aromatic N) is 4. The summed E-state index contributed by atoms with van der Waals surface area (Å²) >= 11 is 0. The molecule has 1 aromatic heterocycles. The maximum Gasteiger partial charge on any atom is 0.358 e. The van der Waals surface area contributed by atoms with Crippen molar-refractivity contribution in [3.8, 4) is 0 Å². The number of rotatable bonds is 2. The number of carbonyl (C=O) groups is 1. The minimum Gasteiger partial charge on any atom is -0.461 e. The molecule has 1 fully saturated rings. The second-order valence-corrected chi connectivity index (χ2v) is 4.67. The first-order chi connectivity index (χ1) is 9.79. The summed E-state index contributed by atoms with van der Waals surface area (Å²) in [5, 5.41) is 0. The Kier molecular flexibility index (Phi) is 3.68. The van der Waals surface area contributed by atoms with Gasteiger partial charge in [-0.05, 0) is 6.92 Å². The topological polar surface area (TPSA) is 69.0 Å². The van der Waals surface area contributed by atoms with Gasteiger partial charge in [0.2, 0.25) is 0 Å². The summed E-state index contributed by atoms with van der Waals surface area (Å²) in [5.41, 5.74) is 0.352. The third-order valence-electron chi connectivity index (χ3n) is 3.37. The monoisotopic (exact) mass is 278 g/mol. The Morgan fingerprint density at radius 3 is 2.95 bits per heavy atom. The van der Waals surface area contributed by atoms with Crippen LogP contribution in [-0.2, 0) is 16.0 Å². The van der Waals surface area contributed by atoms with Gasteiger partial charge in [0, 0.05) is 25.8 Å². The number of esters is 1. The standard InChI is InChI=1S/C13H18N4O3/c1-2-20-13(18)10-9-17-4-3-14-11(12(17)15-10)16-5-7-19-8-6-16/h9H,2-8H2,1H3. The van der Waals surface area contributed by atoms with Gasteiger partial charge >= 0.3 is 5.97 Å². The number of morpholine rings is 1. The fourth-order valence-corrected chi connectivity index (χ4v) is 2.42. The molecule has 0 N–H and O–H groups in total. The van der Waals surface area contributed by atoms with Gasteiger partial charge in [-0.2, -0.15) is 0 Å². The summed E-state index contributed by atoms with van der Waals surface area (Å²) in [6.07, 6.45) is 1.75. The second-order valence-electron chi connectivity index (χ2n) is 4.67. The highest BCUT2D eigenvalue weighted by Crippen LogP contribution is 2.14. The van der Waals surface area contributed by atoms with Crippen molar-refractivity contribution < 1.29 is 14.3 Å². The van der Waals surface area contributed by atoms with Gasteiger partial charge in [-0.1, -0.05) is 0 Å². The quantitative estimate of drug-likeness (QED) is 0.720. The summed E-state index contributed by atoms with van der Waals surface area (Å²) in [5.74, 6) is 1.23. The summed E-state index contributed by atoms with van der Waals surface area (Å²) < 4.78 is 12.3. The maximum absolute atomic E-state index is 11.8. The van der Waals surface area contributed by atoms with Crippen LogP contribution in [-0.4, -0.2) is 65.7 Å². The molecule has 108 valence electrons. The van der Waals surface area contributed by atoms with E-state index in [0.29, 0.717) is 32.1 Å². The molecular weight excluding hydrogens is 260 g/mol. The molecule has 0 aliphatic carbocycles. The van der Waals surface area contributed by atoms with E-state index in [1.807, 2.05) is 4.57 Å². The lowest BCUT2D eigenvalue weighted by atomic mass is 10.3. The fraction of sp³-hybridized carbons (Fsp3) is 0.615. The molecule has 2 aliphatic rings. The van der Waals surface area contributed by atoms with Gasteiger partial charge in [0.15, 0.2) is 17.4 Å². The average molecular weight is 278 g/mol. The van der Waals surface area contributed by atoms with Crippen LogP contribution in [0.5, 0.6) is 0 Å². The highest BCUT2D eigenvalue weighted by Gasteiger charge is 2.26. The first-order valence-corrected chi connectivity index (χ1v) is 6.91. The van der Waals surface area contributed by atoms with Gasteiger partial charge in [0.1, 0.15) is 0 Å². The molecule has 0 aromatic carbocycles. The Morgan fingerprint density at radius 2 is 2.20 bits per heavy atom. The van der Waals surface area contributed by atoms with E-state index in [0.717, 1.165) is 31.3 Å². The SMILES string of the molecule is CCOC(=O)c1cn2c(n1)C(N1CCOCC1)=NCC2. The number of fused-ring (bicyclic) bond motifs is 1. The average Bonchev–Trinajstić information content (AvgIpc) is 2.92. The predicted octanol–water partition coefficient (Wildman–Crippen LogP) is 0.152. The molecular formula is C13H18N4O3. The van der Waals surface area contributed by atoms with Crippen LogP contribution >= 0.6 is 0 Å². The molecule has 2 aliphatic heterocycles. The van der Waals surface area contributed by atoms with E-state index in [1.54, 1.807) is 13.1 Å². The first kappa shape index (κ1) is 13.1. The Labute approximate surface area is 117 Å². The van der Waals surface area contributed by atoms with Gasteiger partial charge in [0.25, 0.3) is 0 Å². The zero-order valence-corrected chi connectivity index (χ0v) is 11.5. The molecule has 0 radical (unpaired) electrons. The third-order valence-corrected chi connectivity index (χ3v) is 3.37. The van der Waals surface area contributed by atoms with Crippen LogP contribution in [0.1, 0.15) is 23.2 Å². The minimum atomic E-state index is -0.379. The van der Waals surface area contributed by atoms with Gasteiger partial charge in [-0.3, -0.25) is 4.99 Å². The van der Waals surface area contributed by atoms with Crippen LogP contribution in [0.15, 0.2) is 11.2 Å². The van der Waals surface area contributed by atoms with Crippen molar-refractivity contribution in [2.45, 2.75) is 13.5 Å². The van der Waals surface area contributed by atoms with Crippen LogP contribution in [0.3, 0.4) is 0 Å². The Hall–Kier alpha value is -1.89. The lowest BCUT2D eigenvalue weighted by Gasteiger charge is -2.31. The van der Waals surface area contributed by atoms with Crippen molar-refractivity contribution in [1.82, 2.24) is 14.5 Å². The summed E-state index contributed by atoms with van der Waals surface area (Å²) in [6, 6.07) is 0. The molecule has 0 saturated carbocycles. The van der Waals surface area contributed by atoms with E-state index in [1.165, 1.54) is 0 Å². The van der Waals surface area contributed by atoms with E-state index >= 15 is 0 Å². The number of amidine groups is 1. The zero-order valence-electron chi connectivity index (χ0n) is 11.5. The first-order valence-electron chi connectivity index (χ1n) is 6.91. The van der Waals surface area contributed by atoms with E-state index in [2.05, 4.69) is 14.9 Å². The highest BCUT2D eigenvalue weighted by atomic mass is 16.5. The van der Waals surface area contributed by atoms with E-state index in [9.17, 15) is 4.79 Å². The van der Waals surface area contributed by atoms with Gasteiger partial charge < -0.3 is 18.9 Å². The summed E-state index contributed by atoms with van der Waals surface area (Å²) in [6.45, 7) is 6.60. The van der Waals surface area contributed by atoms with Crippen molar-refractivity contribution >= 4 is 11.8 Å². The lowest BCUT2D eigenvalue weighted by Crippen LogP contribution is -2.43. The van der Waals surface area contributed by atoms with Gasteiger partial charge in [-0.25, -0.2) is 9.78 Å². The molecule has 1 aromatic rings. The normalized spacial score (nSPS) is 18.4. The minimum absolute atomic E-state index is 0.352. The van der Waals surface area contributed by atoms with E-state index in [-0.39, 0.29) is 5.97 Å². The molecule has 0 atom stereocenters. The zero-order chi connectivity index (χ0) is 13.9. The van der Waals surface area contributed by atoms with Crippen LogP contribution in [0.4, 0.5) is 0 Å². The largest absolute Gasteiger partial charge is 0.461 e. The van der Waals surface area contributed by atoms with Crippen molar-refractivity contribution in [1.29, 1.82) is 0 Å². The highest BCUT2D eigenvalue weighted by molar-refractivity contribution is 5.98. The molecule has 1 saturated heterocycles. The maximum atomic E-state index is 11.8. The molecule has 7 nitrogen and oxygen atoms in total. The molecule has 20 heavy (non-hydrogen) atoms. The van der Waals surface area contributed by atoms with Crippen LogP contribution in [0.25, 0.3) is 0 Å². The summed E-state index contributed by atoms with van der Waals surface area (Å²) in [7, 11) is 0. The molecule has 7 heteroatoms. The predicted molar refractivity (Wildman–Crippen MR) is 72.0 cm³/mol. The molecule has 0 amide bonds. The molecule has 0 spiro atoms. The van der Waals surface area contributed by atoms with Gasteiger partial charge in [-0.15, -0.1) is 0 Å². The Balaban J connectivity index is 1.86. The third kappa shape index (κ3) is 2.40. The van der Waals surface area contributed by atoms with Gasteiger partial charge in [0.05, 0.1) is 26.4 Å². The van der Waals surface area contributed by atoms with Crippen molar-refractivity contribution in [3.05, 3.63) is 17.7 Å². The Morgan fingerprint density at radius 1 is 1.40 bits per heavy atom. The molecule has 3 rings (SSSR count). The van der Waals surface area contributed by atoms with E-state index < -0.39 is 0 Å². The lowest BCUT2D eigenvalue weighted by molar-refractivity contribution is 0.0519. The fourth-order valence-electron chi connectivity index (χ4n) is 2.42. The van der Waals surface area contributed by atoms with Crippen molar-refractivity contribution in [3.63, 3.8) is 0 Å². The smallest absolute Gasteiger partial charge is 0.358 e. The van der Waals surface area contributed by atoms with Crippen molar-refractivity contribution in [2.24, 2.45) is 4.99 Å². The van der Waals surface area contributed by atoms with Crippen molar-refractivity contribution in [2.75, 3.05) is 39.5 Å². The summed E-state index contributed by atoms with van der Waals surface area (Å²) in [4.78, 5) is 22.9. The Bertz CT molecular complexity index is 532. The van der Waals surface area contributed by atoms with Crippen LogP contribution in [0, 0.1) is 0 Å².